The fourth-order valence-corrected chi connectivity index (χ4v) is 3.49. The van der Waals surface area contributed by atoms with Crippen LogP contribution >= 0.6 is 0 Å². The molecule has 5 nitrogen and oxygen atoms in total. The molecule has 31 heavy (non-hydrogen) atoms. The van der Waals surface area contributed by atoms with Crippen molar-refractivity contribution in [2.24, 2.45) is 5.10 Å². The number of hydrogen-bond donors (Lipinski definition) is 2. The van der Waals surface area contributed by atoms with Crippen LogP contribution in [0.3, 0.4) is 0 Å². The molecule has 158 valence electrons. The van der Waals surface area contributed by atoms with Gasteiger partial charge in [-0.3, -0.25) is 9.59 Å². The molecule has 0 bridgehead atoms. The van der Waals surface area contributed by atoms with Crippen molar-refractivity contribution in [3.8, 4) is 11.1 Å². The van der Waals surface area contributed by atoms with Crippen LogP contribution in [0.5, 0.6) is 0 Å². The van der Waals surface area contributed by atoms with E-state index in [-0.39, 0.29) is 18.2 Å². The first-order valence-electron chi connectivity index (χ1n) is 10.2. The van der Waals surface area contributed by atoms with Gasteiger partial charge in [0.15, 0.2) is 0 Å². The zero-order valence-electron chi connectivity index (χ0n) is 18.3. The lowest BCUT2D eigenvalue weighted by Crippen LogP contribution is -2.21. The molecule has 0 aliphatic rings. The van der Waals surface area contributed by atoms with Gasteiger partial charge >= 0.3 is 0 Å². The van der Waals surface area contributed by atoms with Gasteiger partial charge in [-0.1, -0.05) is 60.2 Å². The molecule has 0 aliphatic carbocycles. The van der Waals surface area contributed by atoms with Crippen LogP contribution in [0.1, 0.15) is 40.4 Å². The largest absolute Gasteiger partial charge is 0.325 e. The van der Waals surface area contributed by atoms with Crippen LogP contribution in [-0.4, -0.2) is 17.5 Å². The van der Waals surface area contributed by atoms with Crippen molar-refractivity contribution < 1.29 is 9.59 Å². The maximum absolute atomic E-state index is 12.4. The van der Waals surface area contributed by atoms with Gasteiger partial charge in [0, 0.05) is 17.0 Å². The summed E-state index contributed by atoms with van der Waals surface area (Å²) in [6.45, 7) is 7.69. The summed E-state index contributed by atoms with van der Waals surface area (Å²) in [5.74, 6) is -0.484. The van der Waals surface area contributed by atoms with E-state index in [0.29, 0.717) is 11.3 Å². The Labute approximate surface area is 183 Å². The third kappa shape index (κ3) is 5.89. The van der Waals surface area contributed by atoms with Crippen molar-refractivity contribution in [2.75, 3.05) is 5.32 Å². The highest BCUT2D eigenvalue weighted by Gasteiger charge is 2.10. The maximum atomic E-state index is 12.4. The second kappa shape index (κ2) is 9.85. The van der Waals surface area contributed by atoms with Gasteiger partial charge in [-0.25, -0.2) is 5.43 Å². The number of rotatable bonds is 6. The van der Waals surface area contributed by atoms with E-state index in [0.717, 1.165) is 33.5 Å². The summed E-state index contributed by atoms with van der Waals surface area (Å²) in [7, 11) is 0. The molecule has 0 saturated carbocycles. The highest BCUT2D eigenvalue weighted by atomic mass is 16.2. The van der Waals surface area contributed by atoms with E-state index in [1.165, 1.54) is 0 Å². The third-order valence-electron chi connectivity index (χ3n) is 4.96. The molecule has 3 aromatic rings. The second-order valence-corrected chi connectivity index (χ2v) is 7.73. The van der Waals surface area contributed by atoms with Gasteiger partial charge in [0.25, 0.3) is 5.91 Å². The molecule has 0 aliphatic heterocycles. The highest BCUT2D eigenvalue weighted by Crippen LogP contribution is 2.22. The highest BCUT2D eigenvalue weighted by molar-refractivity contribution is 6.06. The zero-order chi connectivity index (χ0) is 22.4. The number of aryl methyl sites for hydroxylation is 3. The maximum Gasteiger partial charge on any atom is 0.271 e. The molecule has 0 atom stereocenters. The quantitative estimate of drug-likeness (QED) is 0.419. The zero-order valence-corrected chi connectivity index (χ0v) is 18.3. The molecule has 0 heterocycles. The summed E-state index contributed by atoms with van der Waals surface area (Å²) in [6, 6.07) is 21.4. The van der Waals surface area contributed by atoms with E-state index in [2.05, 4.69) is 15.8 Å². The predicted octanol–water partition coefficient (Wildman–Crippen LogP) is 5.41. The van der Waals surface area contributed by atoms with Crippen molar-refractivity contribution >= 4 is 23.2 Å². The molecular formula is C26H27N3O2. The van der Waals surface area contributed by atoms with Gasteiger partial charge in [-0.2, -0.15) is 5.10 Å². The summed E-state index contributed by atoms with van der Waals surface area (Å²) in [6.07, 6.45) is 0.0972. The minimum atomic E-state index is -0.315. The minimum Gasteiger partial charge on any atom is -0.325 e. The molecular weight excluding hydrogens is 386 g/mol. The summed E-state index contributed by atoms with van der Waals surface area (Å²) in [4.78, 5) is 24.8. The van der Waals surface area contributed by atoms with Crippen molar-refractivity contribution in [3.05, 3.63) is 89.0 Å². The van der Waals surface area contributed by atoms with Gasteiger partial charge in [-0.05, 0) is 62.1 Å². The van der Waals surface area contributed by atoms with E-state index in [4.69, 9.17) is 0 Å². The van der Waals surface area contributed by atoms with E-state index in [9.17, 15) is 9.59 Å². The Balaban J connectivity index is 1.57. The van der Waals surface area contributed by atoms with Crippen LogP contribution < -0.4 is 10.7 Å². The van der Waals surface area contributed by atoms with E-state index in [1.54, 1.807) is 19.1 Å². The average Bonchev–Trinajstić information content (AvgIpc) is 2.75. The lowest BCUT2D eigenvalue weighted by molar-refractivity contribution is -0.115. The van der Waals surface area contributed by atoms with Gasteiger partial charge in [0.2, 0.25) is 5.91 Å². The standard InChI is InChI=1S/C26H27N3O2/c1-17-14-18(2)25(19(3)15-17)27-24(30)16-20(4)28-29-26(31)23-12-10-22(11-13-23)21-8-6-5-7-9-21/h5-15H,16H2,1-4H3,(H,27,30)(H,29,31)/b28-20+. The summed E-state index contributed by atoms with van der Waals surface area (Å²) < 4.78 is 0. The predicted molar refractivity (Wildman–Crippen MR) is 126 cm³/mol. The number of hydrazone groups is 1. The van der Waals surface area contributed by atoms with Crippen LogP contribution in [-0.2, 0) is 4.79 Å². The van der Waals surface area contributed by atoms with Crippen LogP contribution in [0.15, 0.2) is 71.8 Å². The fourth-order valence-electron chi connectivity index (χ4n) is 3.49. The Hall–Kier alpha value is -3.73. The van der Waals surface area contributed by atoms with Crippen LogP contribution in [0, 0.1) is 20.8 Å². The number of hydrogen-bond acceptors (Lipinski definition) is 3. The second-order valence-electron chi connectivity index (χ2n) is 7.73. The summed E-state index contributed by atoms with van der Waals surface area (Å²) in [5.41, 5.74) is 9.71. The normalized spacial score (nSPS) is 11.2. The van der Waals surface area contributed by atoms with Gasteiger partial charge < -0.3 is 5.32 Å². The third-order valence-corrected chi connectivity index (χ3v) is 4.96. The molecule has 3 rings (SSSR count). The Bertz CT molecular complexity index is 1090. The number of amides is 2. The van der Waals surface area contributed by atoms with E-state index in [1.807, 2.05) is 75.4 Å². The van der Waals surface area contributed by atoms with Gasteiger partial charge in [0.1, 0.15) is 0 Å². The number of carbonyl (C=O) groups is 2. The molecule has 0 radical (unpaired) electrons. The number of nitrogens with zero attached hydrogens (tertiary/aromatic N) is 1. The first kappa shape index (κ1) is 22.0. The smallest absolute Gasteiger partial charge is 0.271 e. The van der Waals surface area contributed by atoms with Crippen molar-refractivity contribution in [2.45, 2.75) is 34.1 Å². The molecule has 0 spiro atoms. The van der Waals surface area contributed by atoms with Crippen LogP contribution in [0.25, 0.3) is 11.1 Å². The monoisotopic (exact) mass is 413 g/mol. The fraction of sp³-hybridized carbons (Fsp3) is 0.192. The Morgan fingerprint density at radius 3 is 2.03 bits per heavy atom. The van der Waals surface area contributed by atoms with Crippen LogP contribution in [0.4, 0.5) is 5.69 Å². The molecule has 0 aromatic heterocycles. The van der Waals surface area contributed by atoms with E-state index < -0.39 is 0 Å². The minimum absolute atomic E-state index is 0.0972. The summed E-state index contributed by atoms with van der Waals surface area (Å²) >= 11 is 0. The molecule has 2 amide bonds. The van der Waals surface area contributed by atoms with Crippen LogP contribution in [0.2, 0.25) is 0 Å². The first-order valence-corrected chi connectivity index (χ1v) is 10.2. The number of carbonyl (C=O) groups excluding carboxylic acids is 2. The van der Waals surface area contributed by atoms with Crippen molar-refractivity contribution in [3.63, 3.8) is 0 Å². The molecule has 3 aromatic carbocycles. The molecule has 0 saturated heterocycles. The van der Waals surface area contributed by atoms with Gasteiger partial charge in [0.05, 0.1) is 6.42 Å². The molecule has 2 N–H and O–H groups in total. The first-order chi connectivity index (χ1) is 14.8. The van der Waals surface area contributed by atoms with Crippen molar-refractivity contribution in [1.29, 1.82) is 0 Å². The molecule has 0 unspecified atom stereocenters. The summed E-state index contributed by atoms with van der Waals surface area (Å²) in [5, 5.41) is 7.02. The lowest BCUT2D eigenvalue weighted by atomic mass is 10.0. The van der Waals surface area contributed by atoms with Crippen molar-refractivity contribution in [1.82, 2.24) is 5.43 Å². The molecule has 0 fully saturated rings. The number of anilines is 1. The van der Waals surface area contributed by atoms with E-state index >= 15 is 0 Å². The lowest BCUT2D eigenvalue weighted by Gasteiger charge is -2.12. The topological polar surface area (TPSA) is 70.6 Å². The Morgan fingerprint density at radius 2 is 1.42 bits per heavy atom. The Kier molecular flexibility index (Phi) is 6.98. The number of benzene rings is 3. The number of nitrogens with one attached hydrogen (secondary N) is 2. The SMILES string of the molecule is C/C(CC(=O)Nc1c(C)cc(C)cc1C)=N\NC(=O)c1ccc(-c2ccccc2)cc1. The van der Waals surface area contributed by atoms with Gasteiger partial charge in [-0.15, -0.1) is 0 Å². The molecule has 5 heteroatoms. The average molecular weight is 414 g/mol. The Morgan fingerprint density at radius 1 is 0.839 bits per heavy atom.